The van der Waals surface area contributed by atoms with E-state index in [2.05, 4.69) is 49.4 Å². The van der Waals surface area contributed by atoms with Gasteiger partial charge in [-0.2, -0.15) is 5.10 Å². The van der Waals surface area contributed by atoms with Crippen LogP contribution in [0, 0.1) is 10.5 Å². The summed E-state index contributed by atoms with van der Waals surface area (Å²) in [5.74, 6) is 0.00675. The molecule has 10 heteroatoms. The summed E-state index contributed by atoms with van der Waals surface area (Å²) in [5.41, 5.74) is 10.1. The van der Waals surface area contributed by atoms with Gasteiger partial charge in [-0.3, -0.25) is 9.59 Å². The number of pyridine rings is 1. The first kappa shape index (κ1) is 23.3. The number of hydrogen-bond donors (Lipinski definition) is 3. The molecule has 2 aromatic heterocycles. The number of nitrogens with zero attached hydrogens (tertiary/aromatic N) is 3. The van der Waals surface area contributed by atoms with Crippen molar-refractivity contribution in [2.45, 2.75) is 19.9 Å². The number of carbonyl (C=O) groups excluding carboxylic acids is 2. The predicted octanol–water partition coefficient (Wildman–Crippen LogP) is 5.16. The van der Waals surface area contributed by atoms with Crippen molar-refractivity contribution in [2.75, 3.05) is 10.6 Å². The van der Waals surface area contributed by atoms with E-state index < -0.39 is 5.91 Å². The van der Waals surface area contributed by atoms with Crippen LogP contribution in [0.2, 0.25) is 5.02 Å². The van der Waals surface area contributed by atoms with E-state index in [0.717, 1.165) is 26.9 Å². The topological polar surface area (TPSA) is 115 Å². The van der Waals surface area contributed by atoms with Crippen molar-refractivity contribution in [2.24, 2.45) is 5.73 Å². The van der Waals surface area contributed by atoms with Crippen molar-refractivity contribution in [1.29, 1.82) is 0 Å². The molecule has 176 valence electrons. The number of nitrogens with two attached hydrogens (primary N) is 1. The molecule has 0 saturated heterocycles. The number of primary amides is 1. The van der Waals surface area contributed by atoms with Crippen molar-refractivity contribution < 1.29 is 9.59 Å². The normalized spacial score (nSPS) is 12.2. The van der Waals surface area contributed by atoms with Gasteiger partial charge < -0.3 is 16.4 Å². The molecule has 2 amide bonds. The van der Waals surface area contributed by atoms with E-state index in [-0.39, 0.29) is 16.5 Å². The number of halogens is 2. The van der Waals surface area contributed by atoms with Gasteiger partial charge >= 0.3 is 0 Å². The Morgan fingerprint density at radius 3 is 2.74 bits per heavy atom. The average molecular weight is 599 g/mol. The van der Waals surface area contributed by atoms with E-state index in [9.17, 15) is 9.59 Å². The molecule has 35 heavy (non-hydrogen) atoms. The quantitative estimate of drug-likeness (QED) is 0.281. The molecule has 0 bridgehead atoms. The highest BCUT2D eigenvalue weighted by Crippen LogP contribution is 2.37. The molecule has 0 aliphatic carbocycles. The number of anilines is 3. The number of rotatable bonds is 4. The highest BCUT2D eigenvalue weighted by molar-refractivity contribution is 14.1. The molecular weight excluding hydrogens is 579 g/mol. The van der Waals surface area contributed by atoms with E-state index in [1.54, 1.807) is 28.9 Å². The van der Waals surface area contributed by atoms with Crippen LogP contribution in [0.5, 0.6) is 0 Å². The lowest BCUT2D eigenvalue weighted by Gasteiger charge is -2.10. The van der Waals surface area contributed by atoms with Gasteiger partial charge in [0, 0.05) is 32.6 Å². The Kier molecular flexibility index (Phi) is 6.20. The first-order valence-corrected chi connectivity index (χ1v) is 12.3. The summed E-state index contributed by atoms with van der Waals surface area (Å²) in [5, 5.41) is 11.1. The van der Waals surface area contributed by atoms with Gasteiger partial charge in [0.15, 0.2) is 0 Å². The van der Waals surface area contributed by atoms with E-state index in [1.165, 1.54) is 0 Å². The fraction of sp³-hybridized carbons (Fsp3) is 0.120. The van der Waals surface area contributed by atoms with Crippen molar-refractivity contribution >= 4 is 63.3 Å². The number of benzene rings is 2. The second-order valence-corrected chi connectivity index (χ2v) is 9.80. The van der Waals surface area contributed by atoms with Crippen LogP contribution < -0.4 is 16.4 Å². The summed E-state index contributed by atoms with van der Waals surface area (Å²) in [6, 6.07) is 16.3. The number of nitrogens with one attached hydrogen (secondary N) is 2. The molecule has 0 spiro atoms. The van der Waals surface area contributed by atoms with Crippen molar-refractivity contribution in [3.05, 3.63) is 85.6 Å². The van der Waals surface area contributed by atoms with Crippen LogP contribution in [-0.4, -0.2) is 26.6 Å². The molecule has 8 nitrogen and oxygen atoms in total. The predicted molar refractivity (Wildman–Crippen MR) is 144 cm³/mol. The standard InChI is InChI=1S/C25H20ClIN6O2/c1-13-3-2-4-20(29-13)31-25(35)15-5-7-17(18(26)12-15)22-21(23(28)34)24-30-19-8-6-16(27)11-14(19)9-10-33(24)32-22/h2-8,11-12,30H,9-10H2,1H3,(H2,28,34)(H,29,31,35). The van der Waals surface area contributed by atoms with E-state index in [4.69, 9.17) is 17.3 Å². The Balaban J connectivity index is 1.50. The maximum atomic E-state index is 12.7. The summed E-state index contributed by atoms with van der Waals surface area (Å²) in [4.78, 5) is 29.5. The minimum atomic E-state index is -0.619. The van der Waals surface area contributed by atoms with Gasteiger partial charge in [-0.15, -0.1) is 0 Å². The fourth-order valence-electron chi connectivity index (χ4n) is 4.07. The Labute approximate surface area is 220 Å². The number of aryl methyl sites for hydroxylation is 3. The van der Waals surface area contributed by atoms with Crippen LogP contribution in [0.25, 0.3) is 11.3 Å². The minimum Gasteiger partial charge on any atom is -0.365 e. The van der Waals surface area contributed by atoms with E-state index in [0.29, 0.717) is 35.0 Å². The third kappa shape index (κ3) is 4.61. The van der Waals surface area contributed by atoms with Crippen LogP contribution in [0.3, 0.4) is 0 Å². The SMILES string of the molecule is Cc1cccc(NC(=O)c2ccc(-c3nn4c(c3C(N)=O)Nc3ccc(I)cc3CC4)c(Cl)c2)n1. The van der Waals surface area contributed by atoms with Gasteiger partial charge in [0.05, 0.1) is 5.02 Å². The first-order chi connectivity index (χ1) is 16.8. The number of aromatic nitrogens is 3. The van der Waals surface area contributed by atoms with Gasteiger partial charge in [-0.1, -0.05) is 23.7 Å². The zero-order valence-corrected chi connectivity index (χ0v) is 21.5. The van der Waals surface area contributed by atoms with Crippen molar-refractivity contribution in [3.63, 3.8) is 0 Å². The fourth-order valence-corrected chi connectivity index (χ4v) is 4.89. The zero-order valence-electron chi connectivity index (χ0n) is 18.6. The smallest absolute Gasteiger partial charge is 0.256 e. The maximum absolute atomic E-state index is 12.7. The molecule has 5 rings (SSSR count). The molecule has 3 heterocycles. The van der Waals surface area contributed by atoms with E-state index in [1.807, 2.05) is 31.2 Å². The summed E-state index contributed by atoms with van der Waals surface area (Å²) >= 11 is 8.86. The number of carbonyl (C=O) groups is 2. The summed E-state index contributed by atoms with van der Waals surface area (Å²) in [6.45, 7) is 2.41. The summed E-state index contributed by atoms with van der Waals surface area (Å²) in [6.07, 6.45) is 0.741. The molecule has 0 fully saturated rings. The summed E-state index contributed by atoms with van der Waals surface area (Å²) in [7, 11) is 0. The second kappa shape index (κ2) is 9.31. The molecule has 0 saturated carbocycles. The molecule has 0 unspecified atom stereocenters. The number of amides is 2. The molecule has 1 aliphatic rings. The number of hydrogen-bond acceptors (Lipinski definition) is 5. The summed E-state index contributed by atoms with van der Waals surface area (Å²) < 4.78 is 2.87. The molecule has 0 atom stereocenters. The minimum absolute atomic E-state index is 0.250. The Bertz CT molecular complexity index is 1500. The maximum Gasteiger partial charge on any atom is 0.256 e. The Morgan fingerprint density at radius 1 is 1.17 bits per heavy atom. The van der Waals surface area contributed by atoms with Crippen molar-refractivity contribution in [3.8, 4) is 11.3 Å². The van der Waals surface area contributed by atoms with Crippen LogP contribution in [0.4, 0.5) is 17.3 Å². The lowest BCUT2D eigenvalue weighted by Crippen LogP contribution is -2.14. The van der Waals surface area contributed by atoms with Gasteiger partial charge in [-0.25, -0.2) is 9.67 Å². The van der Waals surface area contributed by atoms with Crippen LogP contribution in [0.15, 0.2) is 54.6 Å². The van der Waals surface area contributed by atoms with Crippen LogP contribution >= 0.6 is 34.2 Å². The lowest BCUT2D eigenvalue weighted by molar-refractivity contribution is 0.0998. The average Bonchev–Trinajstić information content (AvgIpc) is 3.07. The zero-order chi connectivity index (χ0) is 24.7. The Morgan fingerprint density at radius 2 is 2.00 bits per heavy atom. The third-order valence-electron chi connectivity index (χ3n) is 5.73. The Hall–Kier alpha value is -3.44. The van der Waals surface area contributed by atoms with Gasteiger partial charge in [0.2, 0.25) is 0 Å². The van der Waals surface area contributed by atoms with Crippen LogP contribution in [0.1, 0.15) is 32.0 Å². The molecule has 0 radical (unpaired) electrons. The molecule has 2 aromatic carbocycles. The monoisotopic (exact) mass is 598 g/mol. The lowest BCUT2D eigenvalue weighted by atomic mass is 10.0. The van der Waals surface area contributed by atoms with Gasteiger partial charge in [0.25, 0.3) is 11.8 Å². The highest BCUT2D eigenvalue weighted by Gasteiger charge is 2.27. The highest BCUT2D eigenvalue weighted by atomic mass is 127. The van der Waals surface area contributed by atoms with Crippen molar-refractivity contribution in [1.82, 2.24) is 14.8 Å². The van der Waals surface area contributed by atoms with Gasteiger partial charge in [-0.05, 0) is 84.0 Å². The first-order valence-electron chi connectivity index (χ1n) is 10.8. The molecular formula is C25H20ClIN6O2. The second-order valence-electron chi connectivity index (χ2n) is 8.15. The number of fused-ring (bicyclic) bond motifs is 2. The molecule has 4 aromatic rings. The van der Waals surface area contributed by atoms with Gasteiger partial charge in [0.1, 0.15) is 22.9 Å². The molecule has 4 N–H and O–H groups in total. The largest absolute Gasteiger partial charge is 0.365 e. The van der Waals surface area contributed by atoms with E-state index >= 15 is 0 Å². The molecule has 1 aliphatic heterocycles. The third-order valence-corrected chi connectivity index (χ3v) is 6.71. The van der Waals surface area contributed by atoms with Crippen LogP contribution in [-0.2, 0) is 13.0 Å².